The monoisotopic (exact) mass is 340 g/mol. The van der Waals surface area contributed by atoms with Gasteiger partial charge in [-0.15, -0.1) is 0 Å². The summed E-state index contributed by atoms with van der Waals surface area (Å²) < 4.78 is 29.0. The lowest BCUT2D eigenvalue weighted by molar-refractivity contribution is 0.574. The number of fused-ring (bicyclic) bond motifs is 1. The van der Waals surface area contributed by atoms with E-state index in [0.717, 1.165) is 47.4 Å². The highest BCUT2D eigenvalue weighted by Gasteiger charge is 2.25. The highest BCUT2D eigenvalue weighted by atomic mass is 19.1. The summed E-state index contributed by atoms with van der Waals surface area (Å²) in [6, 6.07) is 11.6. The van der Waals surface area contributed by atoms with Crippen molar-refractivity contribution in [3.8, 4) is 16.9 Å². The van der Waals surface area contributed by atoms with Crippen LogP contribution in [0.4, 0.5) is 20.3 Å². The fourth-order valence-electron chi connectivity index (χ4n) is 3.17. The van der Waals surface area contributed by atoms with Crippen molar-refractivity contribution in [3.63, 3.8) is 0 Å². The molecule has 2 aromatic carbocycles. The second-order valence-electron chi connectivity index (χ2n) is 6.30. The zero-order valence-corrected chi connectivity index (χ0v) is 14.1. The lowest BCUT2D eigenvalue weighted by atomic mass is 10.1. The van der Waals surface area contributed by atoms with Gasteiger partial charge in [0.25, 0.3) is 0 Å². The van der Waals surface area contributed by atoms with E-state index in [9.17, 15) is 8.78 Å². The van der Waals surface area contributed by atoms with Crippen LogP contribution in [0.2, 0.25) is 0 Å². The van der Waals surface area contributed by atoms with Gasteiger partial charge in [0.2, 0.25) is 0 Å². The molecule has 128 valence electrons. The van der Waals surface area contributed by atoms with Gasteiger partial charge in [-0.1, -0.05) is 12.1 Å². The molecule has 1 N–H and O–H groups in total. The average molecular weight is 340 g/mol. The zero-order valence-electron chi connectivity index (χ0n) is 14.1. The molecule has 0 unspecified atom stereocenters. The van der Waals surface area contributed by atoms with Crippen LogP contribution in [-0.2, 0) is 6.42 Å². The number of nitrogens with one attached hydrogen (secondary N) is 1. The standard InChI is InChI=1S/C19H18F2N4/c1-24(2)14-5-3-4-12(10-14)18-15-8-9-22-19(15)25(23-18)17-7-6-13(20)11-16(17)21/h3-7,10-11,22H,8-9H2,1-2H3. The van der Waals surface area contributed by atoms with Crippen molar-refractivity contribution in [3.05, 3.63) is 59.7 Å². The molecule has 1 aliphatic heterocycles. The highest BCUT2D eigenvalue weighted by molar-refractivity contribution is 5.75. The van der Waals surface area contributed by atoms with Crippen LogP contribution in [0, 0.1) is 11.6 Å². The molecule has 0 radical (unpaired) electrons. The number of aromatic nitrogens is 2. The van der Waals surface area contributed by atoms with Crippen molar-refractivity contribution in [2.24, 2.45) is 0 Å². The molecule has 0 saturated carbocycles. The fraction of sp³-hybridized carbons (Fsp3) is 0.211. The minimum absolute atomic E-state index is 0.238. The summed E-state index contributed by atoms with van der Waals surface area (Å²) >= 11 is 0. The van der Waals surface area contributed by atoms with Gasteiger partial charge in [0.15, 0.2) is 5.82 Å². The maximum atomic E-state index is 14.3. The Bertz CT molecular complexity index is 947. The van der Waals surface area contributed by atoms with Crippen LogP contribution < -0.4 is 10.2 Å². The smallest absolute Gasteiger partial charge is 0.151 e. The van der Waals surface area contributed by atoms with Crippen molar-refractivity contribution in [1.82, 2.24) is 9.78 Å². The van der Waals surface area contributed by atoms with Crippen molar-refractivity contribution in [1.29, 1.82) is 0 Å². The molecule has 25 heavy (non-hydrogen) atoms. The molecule has 0 amide bonds. The molecule has 0 spiro atoms. The molecular formula is C19H18F2N4. The number of hydrogen-bond acceptors (Lipinski definition) is 3. The van der Waals surface area contributed by atoms with Gasteiger partial charge in [-0.2, -0.15) is 5.10 Å². The van der Waals surface area contributed by atoms with Gasteiger partial charge in [-0.25, -0.2) is 13.5 Å². The molecular weight excluding hydrogens is 322 g/mol. The zero-order chi connectivity index (χ0) is 17.6. The Morgan fingerprint density at radius 2 is 1.96 bits per heavy atom. The van der Waals surface area contributed by atoms with E-state index in [1.54, 1.807) is 0 Å². The van der Waals surface area contributed by atoms with Crippen molar-refractivity contribution in [2.45, 2.75) is 6.42 Å². The van der Waals surface area contributed by atoms with Gasteiger partial charge in [0, 0.05) is 43.5 Å². The average Bonchev–Trinajstić information content (AvgIpc) is 3.18. The SMILES string of the molecule is CN(C)c1cccc(-c2nn(-c3ccc(F)cc3F)c3c2CCN3)c1. The Hall–Kier alpha value is -2.89. The maximum Gasteiger partial charge on any atom is 0.151 e. The van der Waals surface area contributed by atoms with E-state index in [1.807, 2.05) is 37.2 Å². The number of benzene rings is 2. The molecule has 0 aliphatic carbocycles. The Morgan fingerprint density at radius 3 is 2.72 bits per heavy atom. The van der Waals surface area contributed by atoms with Crippen LogP contribution >= 0.6 is 0 Å². The van der Waals surface area contributed by atoms with Crippen LogP contribution in [0.1, 0.15) is 5.56 Å². The quantitative estimate of drug-likeness (QED) is 0.786. The van der Waals surface area contributed by atoms with Crippen molar-refractivity contribution < 1.29 is 8.78 Å². The summed E-state index contributed by atoms with van der Waals surface area (Å²) in [4.78, 5) is 2.03. The highest BCUT2D eigenvalue weighted by Crippen LogP contribution is 2.36. The minimum atomic E-state index is -0.632. The summed E-state index contributed by atoms with van der Waals surface area (Å²) in [5.41, 5.74) is 4.17. The predicted molar refractivity (Wildman–Crippen MR) is 95.4 cm³/mol. The van der Waals surface area contributed by atoms with Crippen LogP contribution in [0.5, 0.6) is 0 Å². The Labute approximate surface area is 144 Å². The van der Waals surface area contributed by atoms with Crippen LogP contribution in [0.25, 0.3) is 16.9 Å². The lowest BCUT2D eigenvalue weighted by Gasteiger charge is -2.13. The van der Waals surface area contributed by atoms with Gasteiger partial charge in [-0.3, -0.25) is 0 Å². The number of hydrogen-bond donors (Lipinski definition) is 1. The number of anilines is 2. The molecule has 0 atom stereocenters. The van der Waals surface area contributed by atoms with Crippen molar-refractivity contribution >= 4 is 11.5 Å². The van der Waals surface area contributed by atoms with E-state index >= 15 is 0 Å². The first-order valence-corrected chi connectivity index (χ1v) is 8.13. The molecule has 0 saturated heterocycles. The normalized spacial score (nSPS) is 12.8. The second-order valence-corrected chi connectivity index (χ2v) is 6.30. The van der Waals surface area contributed by atoms with Crippen molar-refractivity contribution in [2.75, 3.05) is 30.9 Å². The number of rotatable bonds is 3. The van der Waals surface area contributed by atoms with Gasteiger partial charge >= 0.3 is 0 Å². The Kier molecular flexibility index (Phi) is 3.67. The Morgan fingerprint density at radius 1 is 1.12 bits per heavy atom. The summed E-state index contributed by atoms with van der Waals surface area (Å²) in [5.74, 6) is -0.458. The first-order chi connectivity index (χ1) is 12.0. The summed E-state index contributed by atoms with van der Waals surface area (Å²) in [5, 5.41) is 7.90. The van der Waals surface area contributed by atoms with Crippen LogP contribution in [0.3, 0.4) is 0 Å². The minimum Gasteiger partial charge on any atom is -0.378 e. The van der Waals surface area contributed by atoms with E-state index in [0.29, 0.717) is 0 Å². The predicted octanol–water partition coefficient (Wildman–Crippen LogP) is 3.85. The topological polar surface area (TPSA) is 33.1 Å². The third-order valence-corrected chi connectivity index (χ3v) is 4.42. The first kappa shape index (κ1) is 15.6. The summed E-state index contributed by atoms with van der Waals surface area (Å²) in [7, 11) is 3.97. The second kappa shape index (κ2) is 5.88. The van der Waals surface area contributed by atoms with Gasteiger partial charge in [-0.05, 0) is 30.7 Å². The van der Waals surface area contributed by atoms with E-state index < -0.39 is 11.6 Å². The molecule has 6 heteroatoms. The van der Waals surface area contributed by atoms with Gasteiger partial charge in [0.05, 0.1) is 5.69 Å². The lowest BCUT2D eigenvalue weighted by Crippen LogP contribution is -2.08. The van der Waals surface area contributed by atoms with Crippen LogP contribution in [0.15, 0.2) is 42.5 Å². The number of halogens is 2. The molecule has 1 aromatic heterocycles. The molecule has 0 bridgehead atoms. The van der Waals surface area contributed by atoms with E-state index in [-0.39, 0.29) is 5.69 Å². The third kappa shape index (κ3) is 2.63. The summed E-state index contributed by atoms with van der Waals surface area (Å²) in [6.07, 6.45) is 0.819. The first-order valence-electron chi connectivity index (χ1n) is 8.13. The van der Waals surface area contributed by atoms with E-state index in [4.69, 9.17) is 0 Å². The molecule has 0 fully saturated rings. The summed E-state index contributed by atoms with van der Waals surface area (Å²) in [6.45, 7) is 0.774. The van der Waals surface area contributed by atoms with Gasteiger partial charge < -0.3 is 10.2 Å². The molecule has 1 aliphatic rings. The fourth-order valence-corrected chi connectivity index (χ4v) is 3.17. The number of nitrogens with zero attached hydrogens (tertiary/aromatic N) is 3. The molecule has 4 rings (SSSR count). The molecule has 4 nitrogen and oxygen atoms in total. The maximum absolute atomic E-state index is 14.3. The Balaban J connectivity index is 1.88. The van der Waals surface area contributed by atoms with E-state index in [2.05, 4.69) is 16.5 Å². The third-order valence-electron chi connectivity index (χ3n) is 4.42. The van der Waals surface area contributed by atoms with Crippen LogP contribution in [-0.4, -0.2) is 30.4 Å². The van der Waals surface area contributed by atoms with Gasteiger partial charge in [0.1, 0.15) is 17.3 Å². The molecule has 2 heterocycles. The van der Waals surface area contributed by atoms with E-state index in [1.165, 1.54) is 16.8 Å². The molecule has 3 aromatic rings. The largest absolute Gasteiger partial charge is 0.378 e.